The highest BCUT2D eigenvalue weighted by atomic mass is 19.4. The van der Waals surface area contributed by atoms with Crippen LogP contribution in [0.4, 0.5) is 13.2 Å². The van der Waals surface area contributed by atoms with E-state index in [1.807, 2.05) is 0 Å². The number of piperidine rings is 1. The molecule has 0 saturated carbocycles. The first-order chi connectivity index (χ1) is 14.3. The molecule has 5 nitrogen and oxygen atoms in total. The molecular weight excluding hydrogens is 399 g/mol. The lowest BCUT2D eigenvalue weighted by Gasteiger charge is -2.37. The van der Waals surface area contributed by atoms with E-state index >= 15 is 0 Å². The van der Waals surface area contributed by atoms with Crippen LogP contribution in [0.15, 0.2) is 48.5 Å². The van der Waals surface area contributed by atoms with Crippen molar-refractivity contribution in [1.82, 2.24) is 4.90 Å². The van der Waals surface area contributed by atoms with Crippen LogP contribution in [-0.4, -0.2) is 48.3 Å². The first kappa shape index (κ1) is 20.7. The number of hydrogen-bond donors (Lipinski definition) is 1. The number of nitrogens with zero attached hydrogens (tertiary/aromatic N) is 1. The molecule has 0 spiro atoms. The Bertz CT molecular complexity index is 901. The molecule has 1 amide bonds. The molecule has 2 fully saturated rings. The SMILES string of the molecule is O=C(c1ccc(C2(O)COC2)cc1)N1CCC(Oc2ccccc2C(F)(F)F)CC1. The molecule has 30 heavy (non-hydrogen) atoms. The minimum absolute atomic E-state index is 0.146. The van der Waals surface area contributed by atoms with Crippen LogP contribution >= 0.6 is 0 Å². The minimum atomic E-state index is -4.47. The van der Waals surface area contributed by atoms with E-state index in [9.17, 15) is 23.1 Å². The fraction of sp³-hybridized carbons (Fsp3) is 0.409. The lowest BCUT2D eigenvalue weighted by Crippen LogP contribution is -2.46. The molecule has 0 atom stereocenters. The van der Waals surface area contributed by atoms with Crippen LogP contribution in [-0.2, 0) is 16.5 Å². The number of para-hydroxylation sites is 1. The van der Waals surface area contributed by atoms with Crippen molar-refractivity contribution in [3.8, 4) is 5.75 Å². The molecule has 160 valence electrons. The van der Waals surface area contributed by atoms with Crippen molar-refractivity contribution in [2.75, 3.05) is 26.3 Å². The summed E-state index contributed by atoms with van der Waals surface area (Å²) in [5.74, 6) is -0.323. The van der Waals surface area contributed by atoms with E-state index in [0.29, 0.717) is 37.1 Å². The molecule has 0 aliphatic carbocycles. The number of likely N-dealkylation sites (tertiary alicyclic amines) is 1. The monoisotopic (exact) mass is 421 g/mol. The molecular formula is C22H22F3NO4. The van der Waals surface area contributed by atoms with Crippen LogP contribution in [0.2, 0.25) is 0 Å². The molecule has 2 aliphatic rings. The Hall–Kier alpha value is -2.58. The summed E-state index contributed by atoms with van der Waals surface area (Å²) in [7, 11) is 0. The highest BCUT2D eigenvalue weighted by molar-refractivity contribution is 5.94. The Morgan fingerprint density at radius 1 is 1.07 bits per heavy atom. The largest absolute Gasteiger partial charge is 0.490 e. The molecule has 2 aromatic rings. The van der Waals surface area contributed by atoms with Gasteiger partial charge in [-0.15, -0.1) is 0 Å². The zero-order chi connectivity index (χ0) is 21.4. The molecule has 1 N–H and O–H groups in total. The van der Waals surface area contributed by atoms with Crippen molar-refractivity contribution < 1.29 is 32.5 Å². The Balaban J connectivity index is 1.35. The van der Waals surface area contributed by atoms with Gasteiger partial charge >= 0.3 is 6.18 Å². The molecule has 0 aromatic heterocycles. The highest BCUT2D eigenvalue weighted by Gasteiger charge is 2.38. The van der Waals surface area contributed by atoms with Gasteiger partial charge < -0.3 is 19.5 Å². The number of benzene rings is 2. The number of carbonyl (C=O) groups excluding carboxylic acids is 1. The normalized spacial score (nSPS) is 19.3. The van der Waals surface area contributed by atoms with Gasteiger partial charge in [-0.25, -0.2) is 0 Å². The van der Waals surface area contributed by atoms with E-state index in [2.05, 4.69) is 0 Å². The molecule has 0 bridgehead atoms. The van der Waals surface area contributed by atoms with Gasteiger partial charge in [-0.1, -0.05) is 24.3 Å². The van der Waals surface area contributed by atoms with Crippen molar-refractivity contribution in [1.29, 1.82) is 0 Å². The fourth-order valence-corrected chi connectivity index (χ4v) is 3.73. The molecule has 2 heterocycles. The molecule has 8 heteroatoms. The summed E-state index contributed by atoms with van der Waals surface area (Å²) in [4.78, 5) is 14.4. The molecule has 4 rings (SSSR count). The van der Waals surface area contributed by atoms with Gasteiger partial charge in [-0.05, 0) is 29.8 Å². The van der Waals surface area contributed by atoms with Crippen LogP contribution in [0.3, 0.4) is 0 Å². The average Bonchev–Trinajstić information content (AvgIpc) is 2.72. The highest BCUT2D eigenvalue weighted by Crippen LogP contribution is 2.37. The standard InChI is InChI=1S/C22H22F3NO4/c23-22(24,25)18-3-1-2-4-19(18)30-17-9-11-26(12-10-17)20(27)15-5-7-16(8-6-15)21(28)13-29-14-21/h1-8,17,28H,9-14H2. The molecule has 2 saturated heterocycles. The summed E-state index contributed by atoms with van der Waals surface area (Å²) in [6.07, 6.45) is -3.95. The van der Waals surface area contributed by atoms with Gasteiger partial charge in [0.25, 0.3) is 5.91 Å². The number of carbonyl (C=O) groups is 1. The van der Waals surface area contributed by atoms with Crippen molar-refractivity contribution in [2.24, 2.45) is 0 Å². The van der Waals surface area contributed by atoms with E-state index in [-0.39, 0.29) is 31.0 Å². The van der Waals surface area contributed by atoms with Gasteiger partial charge in [0.15, 0.2) is 0 Å². The summed E-state index contributed by atoms with van der Waals surface area (Å²) < 4.78 is 50.1. The molecule has 2 aromatic carbocycles. The van der Waals surface area contributed by atoms with Gasteiger partial charge in [0.2, 0.25) is 0 Å². The van der Waals surface area contributed by atoms with Crippen LogP contribution in [0, 0.1) is 0 Å². The van der Waals surface area contributed by atoms with Crippen molar-refractivity contribution in [2.45, 2.75) is 30.7 Å². The van der Waals surface area contributed by atoms with Crippen LogP contribution < -0.4 is 4.74 Å². The number of aliphatic hydroxyl groups is 1. The summed E-state index contributed by atoms with van der Waals surface area (Å²) in [5.41, 5.74) is -0.559. The lowest BCUT2D eigenvalue weighted by atomic mass is 9.91. The molecule has 2 aliphatic heterocycles. The third-order valence-corrected chi connectivity index (χ3v) is 5.57. The second kappa shape index (κ2) is 7.92. The summed E-state index contributed by atoms with van der Waals surface area (Å²) >= 11 is 0. The van der Waals surface area contributed by atoms with Crippen molar-refractivity contribution in [3.05, 3.63) is 65.2 Å². The van der Waals surface area contributed by atoms with Crippen molar-refractivity contribution >= 4 is 5.91 Å². The molecule has 0 radical (unpaired) electrons. The third-order valence-electron chi connectivity index (χ3n) is 5.57. The fourth-order valence-electron chi connectivity index (χ4n) is 3.73. The quantitative estimate of drug-likeness (QED) is 0.820. The summed E-state index contributed by atoms with van der Waals surface area (Å²) in [6.45, 7) is 1.28. The van der Waals surface area contributed by atoms with Gasteiger partial charge in [0.1, 0.15) is 17.5 Å². The maximum atomic E-state index is 13.1. The maximum absolute atomic E-state index is 13.1. The van der Waals surface area contributed by atoms with E-state index in [1.54, 1.807) is 29.2 Å². The van der Waals surface area contributed by atoms with Gasteiger partial charge in [-0.3, -0.25) is 4.79 Å². The Morgan fingerprint density at radius 3 is 2.27 bits per heavy atom. The van der Waals surface area contributed by atoms with Gasteiger partial charge in [-0.2, -0.15) is 13.2 Å². The summed E-state index contributed by atoms with van der Waals surface area (Å²) in [5, 5.41) is 10.3. The Kier molecular flexibility index (Phi) is 5.46. The van der Waals surface area contributed by atoms with Crippen LogP contribution in [0.25, 0.3) is 0 Å². The zero-order valence-electron chi connectivity index (χ0n) is 16.2. The number of hydrogen-bond acceptors (Lipinski definition) is 4. The number of amides is 1. The number of halogens is 3. The van der Waals surface area contributed by atoms with E-state index in [4.69, 9.17) is 9.47 Å². The first-order valence-corrected chi connectivity index (χ1v) is 9.79. The number of ether oxygens (including phenoxy) is 2. The number of alkyl halides is 3. The zero-order valence-corrected chi connectivity index (χ0v) is 16.2. The second-order valence-electron chi connectivity index (χ2n) is 7.71. The third kappa shape index (κ3) is 4.15. The van der Waals surface area contributed by atoms with E-state index < -0.39 is 17.3 Å². The summed E-state index contributed by atoms with van der Waals surface area (Å²) in [6, 6.07) is 12.0. The minimum Gasteiger partial charge on any atom is -0.490 e. The lowest BCUT2D eigenvalue weighted by molar-refractivity contribution is -0.184. The van der Waals surface area contributed by atoms with E-state index in [0.717, 1.165) is 6.07 Å². The van der Waals surface area contributed by atoms with Gasteiger partial charge in [0, 0.05) is 31.5 Å². The smallest absolute Gasteiger partial charge is 0.419 e. The molecule has 0 unspecified atom stereocenters. The Labute approximate surface area is 172 Å². The number of rotatable bonds is 4. The van der Waals surface area contributed by atoms with Gasteiger partial charge in [0.05, 0.1) is 18.8 Å². The Morgan fingerprint density at radius 2 is 1.70 bits per heavy atom. The first-order valence-electron chi connectivity index (χ1n) is 9.79. The maximum Gasteiger partial charge on any atom is 0.419 e. The van der Waals surface area contributed by atoms with Crippen LogP contribution in [0.1, 0.15) is 34.3 Å². The predicted octanol–water partition coefficient (Wildman–Crippen LogP) is 3.61. The van der Waals surface area contributed by atoms with Crippen molar-refractivity contribution in [3.63, 3.8) is 0 Å². The second-order valence-corrected chi connectivity index (χ2v) is 7.71. The van der Waals surface area contributed by atoms with Crippen LogP contribution in [0.5, 0.6) is 5.75 Å². The predicted molar refractivity (Wildman–Crippen MR) is 102 cm³/mol. The average molecular weight is 421 g/mol. The topological polar surface area (TPSA) is 59.0 Å². The van der Waals surface area contributed by atoms with E-state index in [1.165, 1.54) is 18.2 Å².